The van der Waals surface area contributed by atoms with E-state index in [1.807, 2.05) is 0 Å². The molecule has 0 aliphatic carbocycles. The second kappa shape index (κ2) is 2.27. The third-order valence-corrected chi connectivity index (χ3v) is 2.21. The van der Waals surface area contributed by atoms with Crippen molar-refractivity contribution in [3.05, 3.63) is 6.54 Å². The molecule has 2 nitrogen and oxygen atoms in total. The minimum Gasteiger partial charge on any atom is -0.379 e. The quantitative estimate of drug-likeness (QED) is 0.511. The first kappa shape index (κ1) is 5.69. The molecule has 0 aromatic carbocycles. The summed E-state index contributed by atoms with van der Waals surface area (Å²) in [4.78, 5) is 0. The zero-order chi connectivity index (χ0) is 6.10. The molecular formula is C7H12NO. The van der Waals surface area contributed by atoms with Gasteiger partial charge in [-0.3, -0.25) is 0 Å². The van der Waals surface area contributed by atoms with E-state index in [-0.39, 0.29) is 0 Å². The fraction of sp³-hybridized carbons (Fsp3) is 0.857. The summed E-state index contributed by atoms with van der Waals surface area (Å²) in [6.45, 7) is 4.06. The van der Waals surface area contributed by atoms with Crippen LogP contribution >= 0.6 is 0 Å². The molecule has 2 rings (SSSR count). The molecule has 51 valence electrons. The van der Waals surface area contributed by atoms with Crippen molar-refractivity contribution in [1.82, 2.24) is 5.32 Å². The van der Waals surface area contributed by atoms with Crippen LogP contribution in [0.3, 0.4) is 0 Å². The van der Waals surface area contributed by atoms with Crippen molar-refractivity contribution in [3.63, 3.8) is 0 Å². The predicted octanol–water partition coefficient (Wildman–Crippen LogP) is 0.547. The first-order valence-corrected chi connectivity index (χ1v) is 3.62. The van der Waals surface area contributed by atoms with Crippen molar-refractivity contribution in [1.29, 1.82) is 0 Å². The lowest BCUT2D eigenvalue weighted by Gasteiger charge is -2.23. The van der Waals surface area contributed by atoms with E-state index in [1.165, 1.54) is 12.8 Å². The monoisotopic (exact) mass is 126 g/mol. The summed E-state index contributed by atoms with van der Waals surface area (Å²) in [5, 5.41) is 3.33. The van der Waals surface area contributed by atoms with Gasteiger partial charge < -0.3 is 10.1 Å². The molecule has 0 amide bonds. The fourth-order valence-electron chi connectivity index (χ4n) is 1.60. The van der Waals surface area contributed by atoms with Crippen LogP contribution in [0.4, 0.5) is 0 Å². The summed E-state index contributed by atoms with van der Waals surface area (Å²) in [6, 6.07) is 0.638. The Labute approximate surface area is 55.6 Å². The largest absolute Gasteiger partial charge is 0.379 e. The van der Waals surface area contributed by atoms with Gasteiger partial charge in [0.1, 0.15) is 0 Å². The van der Waals surface area contributed by atoms with E-state index in [0.717, 1.165) is 19.1 Å². The van der Waals surface area contributed by atoms with E-state index < -0.39 is 0 Å². The Kier molecular flexibility index (Phi) is 1.44. The van der Waals surface area contributed by atoms with Gasteiger partial charge in [-0.25, -0.2) is 0 Å². The number of ether oxygens (including phenoxy) is 1. The van der Waals surface area contributed by atoms with Gasteiger partial charge in [-0.15, -0.1) is 0 Å². The van der Waals surface area contributed by atoms with E-state index in [1.54, 1.807) is 0 Å². The molecule has 0 aromatic heterocycles. The Morgan fingerprint density at radius 1 is 1.44 bits per heavy atom. The highest BCUT2D eigenvalue weighted by atomic mass is 16.5. The van der Waals surface area contributed by atoms with Crippen molar-refractivity contribution in [2.45, 2.75) is 18.9 Å². The van der Waals surface area contributed by atoms with Gasteiger partial charge in [0.05, 0.1) is 13.2 Å². The number of rotatable bonds is 0. The second-order valence-corrected chi connectivity index (χ2v) is 2.85. The van der Waals surface area contributed by atoms with Crippen LogP contribution < -0.4 is 5.32 Å². The lowest BCUT2D eigenvalue weighted by Crippen LogP contribution is -2.37. The number of fused-ring (bicyclic) bond motifs is 1. The zero-order valence-electron chi connectivity index (χ0n) is 5.47. The van der Waals surface area contributed by atoms with E-state index in [2.05, 4.69) is 11.9 Å². The summed E-state index contributed by atoms with van der Waals surface area (Å²) in [7, 11) is 0. The van der Waals surface area contributed by atoms with Gasteiger partial charge in [0.2, 0.25) is 0 Å². The molecule has 2 fully saturated rings. The van der Waals surface area contributed by atoms with Crippen LogP contribution in [0.1, 0.15) is 12.8 Å². The van der Waals surface area contributed by atoms with Crippen molar-refractivity contribution < 1.29 is 4.74 Å². The summed E-state index contributed by atoms with van der Waals surface area (Å²) < 4.78 is 5.31. The second-order valence-electron chi connectivity index (χ2n) is 2.85. The minimum absolute atomic E-state index is 0.638. The molecule has 2 heterocycles. The van der Waals surface area contributed by atoms with Gasteiger partial charge in [0.15, 0.2) is 0 Å². The Morgan fingerprint density at radius 3 is 3.33 bits per heavy atom. The fourth-order valence-corrected chi connectivity index (χ4v) is 1.60. The normalized spacial score (nSPS) is 42.7. The van der Waals surface area contributed by atoms with Crippen molar-refractivity contribution in [2.75, 3.05) is 13.2 Å². The molecule has 2 unspecified atom stereocenters. The average Bonchev–Trinajstić information content (AvgIpc) is 2.33. The molecule has 2 aliphatic heterocycles. The van der Waals surface area contributed by atoms with Gasteiger partial charge in [0.25, 0.3) is 0 Å². The highest BCUT2D eigenvalue weighted by Crippen LogP contribution is 2.23. The first-order chi connectivity index (χ1) is 4.47. The van der Waals surface area contributed by atoms with Crippen molar-refractivity contribution in [3.8, 4) is 0 Å². The topological polar surface area (TPSA) is 21.3 Å². The zero-order valence-corrected chi connectivity index (χ0v) is 5.47. The van der Waals surface area contributed by atoms with Gasteiger partial charge in [0, 0.05) is 12.6 Å². The molecule has 2 saturated heterocycles. The Hall–Kier alpha value is -0.0800. The Balaban J connectivity index is 1.97. The highest BCUT2D eigenvalue weighted by Gasteiger charge is 2.29. The summed E-state index contributed by atoms with van der Waals surface area (Å²) in [6.07, 6.45) is 2.53. The molecule has 1 N–H and O–H groups in total. The molecule has 0 aromatic rings. The molecule has 9 heavy (non-hydrogen) atoms. The third-order valence-electron chi connectivity index (χ3n) is 2.21. The number of hydrogen-bond acceptors (Lipinski definition) is 2. The highest BCUT2D eigenvalue weighted by molar-refractivity contribution is 4.89. The molecule has 0 bridgehead atoms. The average molecular weight is 126 g/mol. The van der Waals surface area contributed by atoms with Crippen LogP contribution in [-0.2, 0) is 4.74 Å². The number of nitrogens with one attached hydrogen (secondary N) is 1. The lowest BCUT2D eigenvalue weighted by molar-refractivity contribution is 0.183. The maximum atomic E-state index is 5.31. The number of piperidine rings is 1. The van der Waals surface area contributed by atoms with Crippen LogP contribution in [0.5, 0.6) is 0 Å². The van der Waals surface area contributed by atoms with Crippen LogP contribution in [0.2, 0.25) is 0 Å². The van der Waals surface area contributed by atoms with E-state index in [4.69, 9.17) is 4.74 Å². The summed E-state index contributed by atoms with van der Waals surface area (Å²) in [5.41, 5.74) is 0. The van der Waals surface area contributed by atoms with Gasteiger partial charge >= 0.3 is 0 Å². The standard InChI is InChI=1S/C7H12NO/c1-2-6-4-9-5-7(6)8-3-1/h3,6-8H,1-2,4-5H2. The lowest BCUT2D eigenvalue weighted by atomic mass is 9.94. The van der Waals surface area contributed by atoms with Crippen LogP contribution in [0.15, 0.2) is 0 Å². The maximum absolute atomic E-state index is 5.31. The molecule has 2 aliphatic rings. The third kappa shape index (κ3) is 0.970. The Morgan fingerprint density at radius 2 is 2.44 bits per heavy atom. The van der Waals surface area contributed by atoms with Gasteiger partial charge in [-0.1, -0.05) is 0 Å². The molecule has 0 saturated carbocycles. The smallest absolute Gasteiger partial charge is 0.0623 e. The van der Waals surface area contributed by atoms with E-state index >= 15 is 0 Å². The Bertz CT molecular complexity index is 93.1. The van der Waals surface area contributed by atoms with Crippen molar-refractivity contribution >= 4 is 0 Å². The van der Waals surface area contributed by atoms with Crippen LogP contribution in [0, 0.1) is 12.5 Å². The minimum atomic E-state index is 0.638. The van der Waals surface area contributed by atoms with Gasteiger partial charge in [-0.05, 0) is 18.8 Å². The molecule has 2 atom stereocenters. The van der Waals surface area contributed by atoms with Crippen LogP contribution in [0.25, 0.3) is 0 Å². The molecule has 1 radical (unpaired) electrons. The first-order valence-electron chi connectivity index (χ1n) is 3.62. The summed E-state index contributed by atoms with van der Waals surface area (Å²) >= 11 is 0. The molecule has 0 spiro atoms. The van der Waals surface area contributed by atoms with E-state index in [0.29, 0.717) is 6.04 Å². The number of hydrogen-bond donors (Lipinski definition) is 1. The predicted molar refractivity (Wildman–Crippen MR) is 34.8 cm³/mol. The van der Waals surface area contributed by atoms with Crippen LogP contribution in [-0.4, -0.2) is 19.3 Å². The van der Waals surface area contributed by atoms with Crippen molar-refractivity contribution in [2.24, 2.45) is 5.92 Å². The SMILES string of the molecule is [CH]1CCC2COCC2N1. The van der Waals surface area contributed by atoms with Gasteiger partial charge in [-0.2, -0.15) is 0 Å². The summed E-state index contributed by atoms with van der Waals surface area (Å²) in [5.74, 6) is 0.801. The van der Waals surface area contributed by atoms with E-state index in [9.17, 15) is 0 Å². The molecular weight excluding hydrogens is 114 g/mol. The molecule has 2 heteroatoms. The maximum Gasteiger partial charge on any atom is 0.0623 e.